The lowest BCUT2D eigenvalue weighted by molar-refractivity contribution is -0.0417. The van der Waals surface area contributed by atoms with Gasteiger partial charge >= 0.3 is 0 Å². The molecule has 0 saturated heterocycles. The van der Waals surface area contributed by atoms with Crippen LogP contribution in [0.25, 0.3) is 0 Å². The smallest absolute Gasteiger partial charge is 0.145 e. The minimum atomic E-state index is -0.509. The molecule has 1 rings (SSSR count). The van der Waals surface area contributed by atoms with Gasteiger partial charge in [-0.25, -0.2) is 0 Å². The molecule has 0 atom stereocenters. The SMILES string of the molecule is CCN(CC)C(=S)SCc1cc(OC(COCCOCCOCCOC)COCCOCCOCCOC)c(CSC(=S)N(CC)CC)cc1OC(COCCOCCOCCOC)COCCOCCOCCOC. The molecule has 1 aromatic rings. The molecule has 20 nitrogen and oxygen atoms in total. The van der Waals surface area contributed by atoms with E-state index in [0.29, 0.717) is 182 Å². The third-order valence-electron chi connectivity index (χ3n) is 10.5. The summed E-state index contributed by atoms with van der Waals surface area (Å²) >= 11 is 15.0. The Morgan fingerprint density at radius 2 is 0.566 bits per heavy atom. The van der Waals surface area contributed by atoms with Crippen LogP contribution in [-0.2, 0) is 87.3 Å². The highest BCUT2D eigenvalue weighted by Gasteiger charge is 2.23. The minimum Gasteiger partial charge on any atom is -0.485 e. The van der Waals surface area contributed by atoms with Gasteiger partial charge in [-0.1, -0.05) is 48.0 Å². The molecule has 0 aliphatic carbocycles. The van der Waals surface area contributed by atoms with E-state index < -0.39 is 12.2 Å². The van der Waals surface area contributed by atoms with Crippen LogP contribution in [0.2, 0.25) is 0 Å². The molecule has 0 N–H and O–H groups in total. The number of methoxy groups -OCH3 is 4. The third-order valence-corrected chi connectivity index (χ3v) is 13.6. The summed E-state index contributed by atoms with van der Waals surface area (Å²) in [6.07, 6.45) is -1.02. The van der Waals surface area contributed by atoms with Gasteiger partial charge in [-0.2, -0.15) is 0 Å². The van der Waals surface area contributed by atoms with Crippen molar-refractivity contribution in [3.63, 3.8) is 0 Å². The lowest BCUT2D eigenvalue weighted by Crippen LogP contribution is -2.31. The van der Waals surface area contributed by atoms with Crippen molar-refractivity contribution < 1.29 is 85.3 Å². The highest BCUT2D eigenvalue weighted by Crippen LogP contribution is 2.36. The monoisotopic (exact) mass is 1160 g/mol. The molecule has 446 valence electrons. The van der Waals surface area contributed by atoms with E-state index in [9.17, 15) is 0 Å². The molecule has 0 spiro atoms. The van der Waals surface area contributed by atoms with Crippen molar-refractivity contribution in [3.05, 3.63) is 23.3 Å². The fraction of sp³-hybridized carbons (Fsp3) is 0.846. The first kappa shape index (κ1) is 72.7. The van der Waals surface area contributed by atoms with E-state index in [-0.39, 0.29) is 26.4 Å². The number of thioether (sulfide) groups is 2. The van der Waals surface area contributed by atoms with Crippen LogP contribution in [0.15, 0.2) is 12.1 Å². The summed E-state index contributed by atoms with van der Waals surface area (Å²) in [4.78, 5) is 4.31. The van der Waals surface area contributed by atoms with Gasteiger partial charge in [0, 0.05) is 77.3 Å². The van der Waals surface area contributed by atoms with Crippen molar-refractivity contribution in [2.45, 2.75) is 51.4 Å². The van der Waals surface area contributed by atoms with E-state index in [4.69, 9.17) is 110 Å². The Morgan fingerprint density at radius 1 is 0.355 bits per heavy atom. The summed E-state index contributed by atoms with van der Waals surface area (Å²) in [7, 11) is 6.57. The quantitative estimate of drug-likeness (QED) is 0.0575. The van der Waals surface area contributed by atoms with Crippen molar-refractivity contribution >= 4 is 56.6 Å². The number of hydrogen-bond acceptors (Lipinski definition) is 22. The Hall–Kier alpha value is -1.34. The van der Waals surface area contributed by atoms with Crippen LogP contribution in [-0.4, -0.2) is 270 Å². The molecule has 1 aromatic carbocycles. The van der Waals surface area contributed by atoms with Crippen LogP contribution in [0.1, 0.15) is 38.8 Å². The maximum atomic E-state index is 6.95. The lowest BCUT2D eigenvalue weighted by atomic mass is 10.1. The van der Waals surface area contributed by atoms with E-state index in [1.165, 1.54) is 0 Å². The van der Waals surface area contributed by atoms with Gasteiger partial charge in [0.1, 0.15) is 32.3 Å². The summed E-state index contributed by atoms with van der Waals surface area (Å²) in [5, 5.41) is 0. The van der Waals surface area contributed by atoms with Gasteiger partial charge < -0.3 is 95.1 Å². The van der Waals surface area contributed by atoms with Crippen molar-refractivity contribution in [1.82, 2.24) is 9.80 Å². The zero-order valence-electron chi connectivity index (χ0n) is 47.2. The maximum absolute atomic E-state index is 6.95. The normalized spacial score (nSPS) is 11.6. The lowest BCUT2D eigenvalue weighted by Gasteiger charge is -2.26. The molecule has 24 heteroatoms. The number of benzene rings is 1. The van der Waals surface area contributed by atoms with Gasteiger partial charge in [-0.05, 0) is 39.8 Å². The molecule has 76 heavy (non-hydrogen) atoms. The van der Waals surface area contributed by atoms with Gasteiger partial charge in [-0.3, -0.25) is 0 Å². The van der Waals surface area contributed by atoms with Crippen molar-refractivity contribution in [2.75, 3.05) is 240 Å². The zero-order chi connectivity index (χ0) is 55.4. The molecule has 0 aliphatic heterocycles. The topological polar surface area (TPSA) is 173 Å². The molecule has 0 heterocycles. The van der Waals surface area contributed by atoms with Gasteiger partial charge in [0.2, 0.25) is 0 Å². The first-order valence-corrected chi connectivity index (χ1v) is 29.3. The van der Waals surface area contributed by atoms with Crippen LogP contribution in [0.5, 0.6) is 11.5 Å². The van der Waals surface area contributed by atoms with E-state index in [0.717, 1.165) is 45.9 Å². The number of rotatable bonds is 56. The number of ether oxygens (including phenoxy) is 18. The van der Waals surface area contributed by atoms with Crippen molar-refractivity contribution in [3.8, 4) is 11.5 Å². The summed E-state index contributed by atoms with van der Waals surface area (Å²) in [6.45, 7) is 23.2. The minimum absolute atomic E-state index is 0.229. The predicted molar refractivity (Wildman–Crippen MR) is 306 cm³/mol. The van der Waals surface area contributed by atoms with Gasteiger partial charge in [0.15, 0.2) is 0 Å². The summed E-state index contributed by atoms with van der Waals surface area (Å²) in [5.41, 5.74) is 1.74. The molecule has 0 saturated carbocycles. The van der Waals surface area contributed by atoms with Gasteiger partial charge in [0.05, 0.1) is 185 Å². The molecule has 0 amide bonds. The Morgan fingerprint density at radius 3 is 0.776 bits per heavy atom. The fourth-order valence-electron chi connectivity index (χ4n) is 6.29. The highest BCUT2D eigenvalue weighted by atomic mass is 32.2. The molecule has 0 bridgehead atoms. The van der Waals surface area contributed by atoms with E-state index in [1.54, 1.807) is 52.0 Å². The van der Waals surface area contributed by atoms with E-state index in [2.05, 4.69) is 37.5 Å². The van der Waals surface area contributed by atoms with E-state index >= 15 is 0 Å². The molecule has 0 unspecified atom stereocenters. The number of nitrogens with zero attached hydrogens (tertiary/aromatic N) is 2. The first-order chi connectivity index (χ1) is 37.3. The highest BCUT2D eigenvalue weighted by molar-refractivity contribution is 8.22. The molecule has 0 aromatic heterocycles. The summed E-state index contributed by atoms with van der Waals surface area (Å²) in [6, 6.07) is 4.08. The average molecular weight is 1170 g/mol. The fourth-order valence-corrected chi connectivity index (χ4v) is 9.05. The Kier molecular flexibility index (Phi) is 51.9. The summed E-state index contributed by atoms with van der Waals surface area (Å²) < 4.78 is 105. The second kappa shape index (κ2) is 54.3. The Labute approximate surface area is 475 Å². The zero-order valence-corrected chi connectivity index (χ0v) is 50.5. The first-order valence-electron chi connectivity index (χ1n) is 26.5. The largest absolute Gasteiger partial charge is 0.485 e. The van der Waals surface area contributed by atoms with Crippen molar-refractivity contribution in [1.29, 1.82) is 0 Å². The van der Waals surface area contributed by atoms with Crippen LogP contribution in [0.3, 0.4) is 0 Å². The number of thiocarbonyl (C=S) groups is 2. The molecular weight excluding hydrogens is 1070 g/mol. The van der Waals surface area contributed by atoms with Crippen molar-refractivity contribution in [2.24, 2.45) is 0 Å². The number of hydrogen-bond donors (Lipinski definition) is 0. The van der Waals surface area contributed by atoms with Gasteiger partial charge in [-0.15, -0.1) is 0 Å². The molecule has 0 fully saturated rings. The molecule has 0 aliphatic rings. The van der Waals surface area contributed by atoms with Crippen LogP contribution in [0.4, 0.5) is 0 Å². The molecule has 0 radical (unpaired) electrons. The van der Waals surface area contributed by atoms with Crippen LogP contribution < -0.4 is 9.47 Å². The van der Waals surface area contributed by atoms with Gasteiger partial charge in [0.25, 0.3) is 0 Å². The summed E-state index contributed by atoms with van der Waals surface area (Å²) in [5.74, 6) is 2.29. The second-order valence-corrected chi connectivity index (χ2v) is 19.4. The molecular formula is C52H96N2O18S4. The Balaban J connectivity index is 3.56. The van der Waals surface area contributed by atoms with Crippen LogP contribution in [0, 0.1) is 0 Å². The standard InChI is InChI=1S/C52H96N2O18S4/c1-9-53(10-2)51(73)75-43-45-37-50(72-48(41-69-35-31-65-27-23-61-19-15-57-7)42-70-36-32-66-28-24-62-20-16-58-8)46(44-76-52(74)54(11-3)12-4)38-49(45)71-47(39-67-33-29-63-25-21-59-17-13-55-5)40-68-34-30-64-26-22-60-18-14-56-6/h37-38,47-48H,9-36,39-44H2,1-8H3. The third kappa shape index (κ3) is 39.9. The van der Waals surface area contributed by atoms with E-state index in [1.807, 2.05) is 12.1 Å². The second-order valence-electron chi connectivity index (χ2n) is 16.2. The van der Waals surface area contributed by atoms with Crippen LogP contribution >= 0.6 is 48.0 Å². The maximum Gasteiger partial charge on any atom is 0.145 e. The average Bonchev–Trinajstić information content (AvgIpc) is 3.42. The Bertz CT molecular complexity index is 1330. The predicted octanol–water partition coefficient (Wildman–Crippen LogP) is 5.69.